The van der Waals surface area contributed by atoms with Crippen molar-refractivity contribution in [2.24, 2.45) is 11.7 Å². The molecule has 0 aromatic rings. The van der Waals surface area contributed by atoms with E-state index in [9.17, 15) is 9.18 Å². The first kappa shape index (κ1) is 6.52. The summed E-state index contributed by atoms with van der Waals surface area (Å²) >= 11 is 0. The molecular weight excluding hydrogens is 121 g/mol. The molecule has 0 spiro atoms. The second kappa shape index (κ2) is 2.33. The van der Waals surface area contributed by atoms with Crippen LogP contribution in [-0.4, -0.2) is 12.1 Å². The molecule has 3 heteroatoms. The molecule has 1 rings (SSSR count). The van der Waals surface area contributed by atoms with Gasteiger partial charge in [-0.15, -0.1) is 0 Å². The normalized spacial score (nSPS) is 34.8. The maximum absolute atomic E-state index is 12.3. The third kappa shape index (κ3) is 1.40. The minimum absolute atomic E-state index is 0.194. The Morgan fingerprint density at radius 3 is 2.44 bits per heavy atom. The minimum Gasteiger partial charge on any atom is -0.369 e. The number of rotatable bonds is 1. The molecule has 0 aromatic carbocycles. The SMILES string of the molecule is NC(=O)C1CCC(F)C1. The Morgan fingerprint density at radius 2 is 2.22 bits per heavy atom. The molecule has 0 aromatic heterocycles. The van der Waals surface area contributed by atoms with Gasteiger partial charge in [0.05, 0.1) is 0 Å². The number of halogens is 1. The lowest BCUT2D eigenvalue weighted by Crippen LogP contribution is -2.20. The number of nitrogens with two attached hydrogens (primary N) is 1. The van der Waals surface area contributed by atoms with Crippen molar-refractivity contribution >= 4 is 5.91 Å². The maximum Gasteiger partial charge on any atom is 0.220 e. The van der Waals surface area contributed by atoms with Crippen LogP contribution >= 0.6 is 0 Å². The Balaban J connectivity index is 2.39. The van der Waals surface area contributed by atoms with Crippen molar-refractivity contribution in [3.05, 3.63) is 0 Å². The van der Waals surface area contributed by atoms with Crippen LogP contribution in [0.4, 0.5) is 4.39 Å². The number of primary amides is 1. The van der Waals surface area contributed by atoms with E-state index in [1.165, 1.54) is 0 Å². The Morgan fingerprint density at radius 1 is 1.56 bits per heavy atom. The van der Waals surface area contributed by atoms with Crippen LogP contribution in [0.1, 0.15) is 19.3 Å². The van der Waals surface area contributed by atoms with Crippen molar-refractivity contribution in [2.75, 3.05) is 0 Å². The van der Waals surface area contributed by atoms with Crippen molar-refractivity contribution in [1.82, 2.24) is 0 Å². The summed E-state index contributed by atoms with van der Waals surface area (Å²) < 4.78 is 12.3. The summed E-state index contributed by atoms with van der Waals surface area (Å²) in [6.07, 6.45) is 0.696. The first-order valence-electron chi connectivity index (χ1n) is 3.13. The summed E-state index contributed by atoms with van der Waals surface area (Å²) in [4.78, 5) is 10.4. The van der Waals surface area contributed by atoms with Gasteiger partial charge in [0.2, 0.25) is 5.91 Å². The molecule has 0 aliphatic heterocycles. The van der Waals surface area contributed by atoms with Gasteiger partial charge >= 0.3 is 0 Å². The fourth-order valence-corrected chi connectivity index (χ4v) is 1.18. The predicted molar refractivity (Wildman–Crippen MR) is 31.4 cm³/mol. The third-order valence-corrected chi connectivity index (χ3v) is 1.77. The molecule has 1 aliphatic rings. The number of carbonyl (C=O) groups excluding carboxylic acids is 1. The first-order valence-corrected chi connectivity index (χ1v) is 3.13. The summed E-state index contributed by atoms with van der Waals surface area (Å²) in [7, 11) is 0. The highest BCUT2D eigenvalue weighted by atomic mass is 19.1. The molecule has 1 saturated carbocycles. The molecule has 52 valence electrons. The zero-order chi connectivity index (χ0) is 6.85. The van der Waals surface area contributed by atoms with Gasteiger partial charge in [0, 0.05) is 5.92 Å². The lowest BCUT2D eigenvalue weighted by atomic mass is 10.1. The zero-order valence-corrected chi connectivity index (χ0v) is 5.14. The van der Waals surface area contributed by atoms with Gasteiger partial charge in [0.25, 0.3) is 0 Å². The second-order valence-electron chi connectivity index (χ2n) is 2.51. The van der Waals surface area contributed by atoms with E-state index in [4.69, 9.17) is 5.73 Å². The molecule has 0 bridgehead atoms. The predicted octanol–water partition coefficient (Wildman–Crippen LogP) is 0.610. The number of hydrogen-bond acceptors (Lipinski definition) is 1. The first-order chi connectivity index (χ1) is 4.20. The number of amides is 1. The van der Waals surface area contributed by atoms with Crippen LogP contribution in [0.25, 0.3) is 0 Å². The summed E-state index contributed by atoms with van der Waals surface area (Å²) in [6.45, 7) is 0. The third-order valence-electron chi connectivity index (χ3n) is 1.77. The van der Waals surface area contributed by atoms with E-state index in [1.807, 2.05) is 0 Å². The largest absolute Gasteiger partial charge is 0.369 e. The van der Waals surface area contributed by atoms with Gasteiger partial charge in [-0.2, -0.15) is 0 Å². The summed E-state index contributed by atoms with van der Waals surface area (Å²) in [5, 5.41) is 0. The fraction of sp³-hybridized carbons (Fsp3) is 0.833. The topological polar surface area (TPSA) is 43.1 Å². The van der Waals surface area contributed by atoms with Gasteiger partial charge < -0.3 is 5.73 Å². The van der Waals surface area contributed by atoms with Crippen molar-refractivity contribution in [3.8, 4) is 0 Å². The second-order valence-corrected chi connectivity index (χ2v) is 2.51. The van der Waals surface area contributed by atoms with E-state index < -0.39 is 6.17 Å². The van der Waals surface area contributed by atoms with Crippen LogP contribution in [0.3, 0.4) is 0 Å². The minimum atomic E-state index is -0.789. The zero-order valence-electron chi connectivity index (χ0n) is 5.14. The summed E-state index contributed by atoms with van der Waals surface area (Å²) in [5.41, 5.74) is 4.95. The Hall–Kier alpha value is -0.600. The van der Waals surface area contributed by atoms with Crippen LogP contribution in [0.2, 0.25) is 0 Å². The molecular formula is C6H10FNO. The summed E-state index contributed by atoms with van der Waals surface area (Å²) in [5.74, 6) is -0.546. The molecule has 2 nitrogen and oxygen atoms in total. The van der Waals surface area contributed by atoms with Crippen molar-refractivity contribution in [2.45, 2.75) is 25.4 Å². The van der Waals surface area contributed by atoms with Crippen molar-refractivity contribution in [1.29, 1.82) is 0 Å². The van der Waals surface area contributed by atoms with Crippen LogP contribution < -0.4 is 5.73 Å². The van der Waals surface area contributed by atoms with E-state index >= 15 is 0 Å². The highest BCUT2D eigenvalue weighted by Gasteiger charge is 2.27. The Labute approximate surface area is 53.2 Å². The van der Waals surface area contributed by atoms with Crippen molar-refractivity contribution in [3.63, 3.8) is 0 Å². The standard InChI is InChI=1S/C6H10FNO/c7-5-2-1-4(3-5)6(8)9/h4-5H,1-3H2,(H2,8,9). The van der Waals surface area contributed by atoms with E-state index in [0.717, 1.165) is 0 Å². The molecule has 1 aliphatic carbocycles. The van der Waals surface area contributed by atoms with Crippen LogP contribution in [0.15, 0.2) is 0 Å². The van der Waals surface area contributed by atoms with Gasteiger partial charge in [-0.25, -0.2) is 4.39 Å². The molecule has 9 heavy (non-hydrogen) atoms. The number of carbonyl (C=O) groups is 1. The van der Waals surface area contributed by atoms with Crippen LogP contribution in [0, 0.1) is 5.92 Å². The molecule has 0 heterocycles. The molecule has 2 atom stereocenters. The molecule has 2 N–H and O–H groups in total. The Kier molecular flexibility index (Phi) is 1.69. The van der Waals surface area contributed by atoms with Crippen LogP contribution in [-0.2, 0) is 4.79 Å². The van der Waals surface area contributed by atoms with Gasteiger partial charge in [0.15, 0.2) is 0 Å². The smallest absolute Gasteiger partial charge is 0.220 e. The quantitative estimate of drug-likeness (QED) is 0.556. The molecule has 1 amide bonds. The average molecular weight is 131 g/mol. The lowest BCUT2D eigenvalue weighted by molar-refractivity contribution is -0.121. The fourth-order valence-electron chi connectivity index (χ4n) is 1.18. The van der Waals surface area contributed by atoms with Gasteiger partial charge in [0.1, 0.15) is 6.17 Å². The molecule has 2 unspecified atom stereocenters. The van der Waals surface area contributed by atoms with E-state index in [2.05, 4.69) is 0 Å². The highest BCUT2D eigenvalue weighted by Crippen LogP contribution is 2.26. The van der Waals surface area contributed by atoms with E-state index in [0.29, 0.717) is 19.3 Å². The van der Waals surface area contributed by atoms with Crippen LogP contribution in [0.5, 0.6) is 0 Å². The molecule has 0 saturated heterocycles. The van der Waals surface area contributed by atoms with Gasteiger partial charge in [-0.3, -0.25) is 4.79 Å². The number of alkyl halides is 1. The highest BCUT2D eigenvalue weighted by molar-refractivity contribution is 5.76. The molecule has 1 fully saturated rings. The average Bonchev–Trinajstić information content (AvgIpc) is 2.14. The van der Waals surface area contributed by atoms with Gasteiger partial charge in [-0.1, -0.05) is 0 Å². The van der Waals surface area contributed by atoms with E-state index in [-0.39, 0.29) is 11.8 Å². The maximum atomic E-state index is 12.3. The monoisotopic (exact) mass is 131 g/mol. The summed E-state index contributed by atoms with van der Waals surface area (Å²) in [6, 6.07) is 0. The molecule has 0 radical (unpaired) electrons. The number of hydrogen-bond donors (Lipinski definition) is 1. The van der Waals surface area contributed by atoms with Crippen molar-refractivity contribution < 1.29 is 9.18 Å². The van der Waals surface area contributed by atoms with E-state index in [1.54, 1.807) is 0 Å². The lowest BCUT2D eigenvalue weighted by Gasteiger charge is -1.99. The Bertz CT molecular complexity index is 126. The van der Waals surface area contributed by atoms with Gasteiger partial charge in [-0.05, 0) is 19.3 Å².